The number of halogens is 2. The summed E-state index contributed by atoms with van der Waals surface area (Å²) >= 11 is 11.5. The van der Waals surface area contributed by atoms with Gasteiger partial charge in [0, 0.05) is 5.69 Å². The number of carbonyl (C=O) groups is 1. The predicted octanol–water partition coefficient (Wildman–Crippen LogP) is 2.07. The Kier molecular flexibility index (Phi) is 3.26. The predicted molar refractivity (Wildman–Crippen MR) is 63.3 cm³/mol. The Morgan fingerprint density at radius 2 is 2.18 bits per heavy atom. The lowest BCUT2D eigenvalue weighted by molar-refractivity contribution is 0.102. The minimum atomic E-state index is -0.368. The first-order valence-corrected chi connectivity index (χ1v) is 5.32. The highest BCUT2D eigenvalue weighted by molar-refractivity contribution is 6.43. The van der Waals surface area contributed by atoms with Gasteiger partial charge in [-0.3, -0.25) is 9.89 Å². The van der Waals surface area contributed by atoms with E-state index in [9.17, 15) is 4.79 Å². The molecule has 0 aliphatic carbocycles. The first kappa shape index (κ1) is 11.8. The van der Waals surface area contributed by atoms with Crippen LogP contribution in [0.4, 0.5) is 5.82 Å². The number of hydrogen-bond donors (Lipinski definition) is 2. The van der Waals surface area contributed by atoms with Gasteiger partial charge >= 0.3 is 0 Å². The van der Waals surface area contributed by atoms with Crippen LogP contribution in [0.25, 0.3) is 0 Å². The Bertz CT molecular complexity index is 568. The molecule has 2 heterocycles. The van der Waals surface area contributed by atoms with Crippen molar-refractivity contribution in [2.75, 3.05) is 5.32 Å². The van der Waals surface area contributed by atoms with Gasteiger partial charge in [0.1, 0.15) is 11.3 Å². The topological polar surface area (TPSA) is 83.6 Å². The number of aromatic nitrogens is 4. The van der Waals surface area contributed by atoms with Gasteiger partial charge in [0.25, 0.3) is 5.91 Å². The minimum absolute atomic E-state index is 0.0842. The molecule has 6 nitrogen and oxygen atoms in total. The Labute approximate surface area is 106 Å². The average molecular weight is 272 g/mol. The molecule has 88 valence electrons. The zero-order chi connectivity index (χ0) is 12.4. The lowest BCUT2D eigenvalue weighted by Crippen LogP contribution is -2.14. The number of aryl methyl sites for hydroxylation is 1. The van der Waals surface area contributed by atoms with Crippen LogP contribution in [0.3, 0.4) is 0 Å². The highest BCUT2D eigenvalue weighted by Gasteiger charge is 2.14. The second-order valence-electron chi connectivity index (χ2n) is 3.19. The normalized spacial score (nSPS) is 10.3. The van der Waals surface area contributed by atoms with E-state index in [1.54, 1.807) is 6.92 Å². The standard InChI is InChI=1S/C9H7Cl2N5O/c1-4-5(2-14-16-4)9(17)15-8-6(10)7(11)12-3-13-8/h2-3H,1H3,(H,14,16)(H,12,13,15,17). The smallest absolute Gasteiger partial charge is 0.260 e. The molecule has 1 amide bonds. The Morgan fingerprint density at radius 1 is 1.41 bits per heavy atom. The molecule has 0 saturated heterocycles. The van der Waals surface area contributed by atoms with Crippen LogP contribution in [-0.4, -0.2) is 26.1 Å². The maximum Gasteiger partial charge on any atom is 0.260 e. The van der Waals surface area contributed by atoms with E-state index in [2.05, 4.69) is 25.5 Å². The number of H-pyrrole nitrogens is 1. The molecule has 2 rings (SSSR count). The Hall–Kier alpha value is -1.66. The van der Waals surface area contributed by atoms with Crippen LogP contribution in [0.2, 0.25) is 10.2 Å². The largest absolute Gasteiger partial charge is 0.305 e. The van der Waals surface area contributed by atoms with Gasteiger partial charge in [-0.25, -0.2) is 9.97 Å². The van der Waals surface area contributed by atoms with Gasteiger partial charge in [0.2, 0.25) is 0 Å². The summed E-state index contributed by atoms with van der Waals surface area (Å²) in [6.45, 7) is 1.73. The Morgan fingerprint density at radius 3 is 2.82 bits per heavy atom. The van der Waals surface area contributed by atoms with Crippen molar-refractivity contribution in [3.63, 3.8) is 0 Å². The monoisotopic (exact) mass is 271 g/mol. The van der Waals surface area contributed by atoms with Crippen LogP contribution in [0, 0.1) is 6.92 Å². The van der Waals surface area contributed by atoms with Gasteiger partial charge in [-0.15, -0.1) is 0 Å². The van der Waals surface area contributed by atoms with Gasteiger partial charge < -0.3 is 5.32 Å². The van der Waals surface area contributed by atoms with Gasteiger partial charge in [-0.1, -0.05) is 23.2 Å². The molecule has 0 aliphatic heterocycles. The van der Waals surface area contributed by atoms with Crippen molar-refractivity contribution in [3.05, 3.63) is 34.0 Å². The fourth-order valence-corrected chi connectivity index (χ4v) is 1.47. The molecule has 17 heavy (non-hydrogen) atoms. The number of anilines is 1. The lowest BCUT2D eigenvalue weighted by atomic mass is 10.2. The molecule has 0 aromatic carbocycles. The van der Waals surface area contributed by atoms with Gasteiger partial charge in [-0.05, 0) is 6.92 Å². The molecule has 0 bridgehead atoms. The maximum atomic E-state index is 11.8. The van der Waals surface area contributed by atoms with Crippen LogP contribution in [0.15, 0.2) is 12.5 Å². The lowest BCUT2D eigenvalue weighted by Gasteiger charge is -2.05. The van der Waals surface area contributed by atoms with Gasteiger partial charge in [0.05, 0.1) is 11.8 Å². The molecule has 8 heteroatoms. The highest BCUT2D eigenvalue weighted by Crippen LogP contribution is 2.25. The number of nitrogens with zero attached hydrogens (tertiary/aromatic N) is 3. The molecule has 0 spiro atoms. The zero-order valence-electron chi connectivity index (χ0n) is 8.66. The van der Waals surface area contributed by atoms with Crippen molar-refractivity contribution in [2.24, 2.45) is 0 Å². The third-order valence-electron chi connectivity index (χ3n) is 2.05. The van der Waals surface area contributed by atoms with Crippen molar-refractivity contribution in [3.8, 4) is 0 Å². The highest BCUT2D eigenvalue weighted by atomic mass is 35.5. The second kappa shape index (κ2) is 4.68. The number of nitrogens with one attached hydrogen (secondary N) is 2. The van der Waals surface area contributed by atoms with E-state index >= 15 is 0 Å². The van der Waals surface area contributed by atoms with E-state index in [1.165, 1.54) is 12.5 Å². The van der Waals surface area contributed by atoms with Gasteiger partial charge in [0.15, 0.2) is 11.0 Å². The second-order valence-corrected chi connectivity index (χ2v) is 3.93. The molecule has 2 aromatic rings. The molecular formula is C9H7Cl2N5O. The van der Waals surface area contributed by atoms with Crippen LogP contribution < -0.4 is 5.32 Å². The van der Waals surface area contributed by atoms with Crippen LogP contribution in [-0.2, 0) is 0 Å². The average Bonchev–Trinajstić information content (AvgIpc) is 2.71. The number of aromatic amines is 1. The van der Waals surface area contributed by atoms with E-state index < -0.39 is 0 Å². The number of hydrogen-bond acceptors (Lipinski definition) is 4. The molecule has 0 aliphatic rings. The molecule has 2 N–H and O–H groups in total. The Balaban J connectivity index is 2.25. The first-order valence-electron chi connectivity index (χ1n) is 4.57. The summed E-state index contributed by atoms with van der Waals surface area (Å²) in [6, 6.07) is 0. The van der Waals surface area contributed by atoms with E-state index in [1.807, 2.05) is 0 Å². The fraction of sp³-hybridized carbons (Fsp3) is 0.111. The van der Waals surface area contributed by atoms with E-state index in [0.717, 1.165) is 0 Å². The van der Waals surface area contributed by atoms with Crippen molar-refractivity contribution in [2.45, 2.75) is 6.92 Å². The maximum absolute atomic E-state index is 11.8. The fourth-order valence-electron chi connectivity index (χ4n) is 1.19. The summed E-state index contributed by atoms with van der Waals surface area (Å²) in [6.07, 6.45) is 2.63. The molecule has 0 atom stereocenters. The third kappa shape index (κ3) is 2.37. The number of rotatable bonds is 2. The van der Waals surface area contributed by atoms with E-state index in [-0.39, 0.29) is 21.9 Å². The van der Waals surface area contributed by atoms with Crippen LogP contribution >= 0.6 is 23.2 Å². The quantitative estimate of drug-likeness (QED) is 0.819. The molecular weight excluding hydrogens is 265 g/mol. The van der Waals surface area contributed by atoms with Crippen molar-refractivity contribution >= 4 is 34.9 Å². The summed E-state index contributed by atoms with van der Waals surface area (Å²) in [5.41, 5.74) is 1.06. The molecule has 0 saturated carbocycles. The summed E-state index contributed by atoms with van der Waals surface area (Å²) < 4.78 is 0. The molecule has 0 fully saturated rings. The van der Waals surface area contributed by atoms with E-state index in [4.69, 9.17) is 23.2 Å². The summed E-state index contributed by atoms with van der Waals surface area (Å²) in [5, 5.41) is 9.12. The van der Waals surface area contributed by atoms with Crippen molar-refractivity contribution < 1.29 is 4.79 Å². The number of carbonyl (C=O) groups excluding carboxylic acids is 1. The summed E-state index contributed by atoms with van der Waals surface area (Å²) in [4.78, 5) is 19.3. The SMILES string of the molecule is Cc1[nH]ncc1C(=O)Nc1ncnc(Cl)c1Cl. The van der Waals surface area contributed by atoms with Crippen LogP contribution in [0.1, 0.15) is 16.1 Å². The zero-order valence-corrected chi connectivity index (χ0v) is 10.2. The summed E-state index contributed by atoms with van der Waals surface area (Å²) in [7, 11) is 0. The van der Waals surface area contributed by atoms with Crippen molar-refractivity contribution in [1.29, 1.82) is 0 Å². The van der Waals surface area contributed by atoms with Gasteiger partial charge in [-0.2, -0.15) is 5.10 Å². The molecule has 2 aromatic heterocycles. The third-order valence-corrected chi connectivity index (χ3v) is 2.79. The number of amides is 1. The molecule has 0 radical (unpaired) electrons. The van der Waals surface area contributed by atoms with Crippen molar-refractivity contribution in [1.82, 2.24) is 20.2 Å². The van der Waals surface area contributed by atoms with E-state index in [0.29, 0.717) is 11.3 Å². The summed E-state index contributed by atoms with van der Waals surface area (Å²) in [5.74, 6) is -0.204. The molecule has 0 unspecified atom stereocenters. The first-order chi connectivity index (χ1) is 8.09. The van der Waals surface area contributed by atoms with Crippen LogP contribution in [0.5, 0.6) is 0 Å². The minimum Gasteiger partial charge on any atom is -0.305 e.